The third-order valence-electron chi connectivity index (χ3n) is 2.74. The highest BCUT2D eigenvalue weighted by atomic mass is 35.5. The lowest BCUT2D eigenvalue weighted by molar-refractivity contribution is -0.384. The predicted molar refractivity (Wildman–Crippen MR) is 81.1 cm³/mol. The van der Waals surface area contributed by atoms with E-state index in [0.29, 0.717) is 10.8 Å². The second kappa shape index (κ2) is 6.60. The lowest BCUT2D eigenvalue weighted by Gasteiger charge is -2.05. The first-order valence-electron chi connectivity index (χ1n) is 5.86. The van der Waals surface area contributed by atoms with E-state index in [0.717, 1.165) is 10.5 Å². The van der Waals surface area contributed by atoms with Gasteiger partial charge in [-0.2, -0.15) is 0 Å². The zero-order valence-corrected chi connectivity index (χ0v) is 12.2. The molecule has 2 aromatic carbocycles. The molecule has 0 saturated carbocycles. The van der Waals surface area contributed by atoms with Crippen LogP contribution in [0.3, 0.4) is 0 Å². The molecule has 0 amide bonds. The van der Waals surface area contributed by atoms with E-state index in [4.69, 9.17) is 16.7 Å². The Balaban J connectivity index is 2.06. The molecule has 0 aliphatic rings. The number of halogens is 1. The monoisotopic (exact) mass is 323 g/mol. The summed E-state index contributed by atoms with van der Waals surface area (Å²) in [7, 11) is 0. The number of thioether (sulfide) groups is 1. The van der Waals surface area contributed by atoms with E-state index in [-0.39, 0.29) is 11.3 Å². The molecule has 0 atom stereocenters. The number of carboxylic acids is 1. The van der Waals surface area contributed by atoms with Gasteiger partial charge in [0.2, 0.25) is 0 Å². The summed E-state index contributed by atoms with van der Waals surface area (Å²) in [5, 5.41) is 19.8. The van der Waals surface area contributed by atoms with Gasteiger partial charge in [0, 0.05) is 22.8 Å². The molecule has 0 unspecified atom stereocenters. The lowest BCUT2D eigenvalue weighted by atomic mass is 10.2. The second-order valence-corrected chi connectivity index (χ2v) is 5.61. The highest BCUT2D eigenvalue weighted by Crippen LogP contribution is 2.29. The Kier molecular flexibility index (Phi) is 4.82. The van der Waals surface area contributed by atoms with Crippen LogP contribution in [-0.4, -0.2) is 16.0 Å². The number of nitrogens with zero attached hydrogens (tertiary/aromatic N) is 1. The van der Waals surface area contributed by atoms with Crippen LogP contribution in [0.1, 0.15) is 15.9 Å². The summed E-state index contributed by atoms with van der Waals surface area (Å²) in [6, 6.07) is 10.9. The third-order valence-corrected chi connectivity index (χ3v) is 4.16. The summed E-state index contributed by atoms with van der Waals surface area (Å²) >= 11 is 7.49. The number of carboxylic acid groups (broad SMARTS) is 1. The van der Waals surface area contributed by atoms with Crippen molar-refractivity contribution >= 4 is 35.0 Å². The molecule has 2 rings (SSSR count). The van der Waals surface area contributed by atoms with Crippen molar-refractivity contribution in [2.75, 3.05) is 0 Å². The normalized spacial score (nSPS) is 10.3. The quantitative estimate of drug-likeness (QED) is 0.505. The molecule has 2 aromatic rings. The molecule has 0 bridgehead atoms. The molecule has 1 N–H and O–H groups in total. The standard InChI is InChI=1S/C14H10ClNO4S/c15-13-7-11(16(19)20)4-1-10(13)8-21-12-5-2-9(3-6-12)14(17)18/h1-7H,8H2,(H,17,18). The van der Waals surface area contributed by atoms with E-state index in [1.54, 1.807) is 18.2 Å². The maximum Gasteiger partial charge on any atom is 0.335 e. The topological polar surface area (TPSA) is 80.4 Å². The fourth-order valence-corrected chi connectivity index (χ4v) is 2.84. The van der Waals surface area contributed by atoms with Crippen LogP contribution < -0.4 is 0 Å². The number of rotatable bonds is 5. The number of hydrogen-bond acceptors (Lipinski definition) is 4. The maximum absolute atomic E-state index is 10.7. The molecule has 0 aliphatic heterocycles. The van der Waals surface area contributed by atoms with Crippen molar-refractivity contribution < 1.29 is 14.8 Å². The van der Waals surface area contributed by atoms with E-state index in [2.05, 4.69) is 0 Å². The smallest absolute Gasteiger partial charge is 0.335 e. The van der Waals surface area contributed by atoms with Crippen molar-refractivity contribution in [1.82, 2.24) is 0 Å². The third kappa shape index (κ3) is 3.96. The zero-order chi connectivity index (χ0) is 15.4. The number of non-ortho nitro benzene ring substituents is 1. The number of carbonyl (C=O) groups is 1. The fourth-order valence-electron chi connectivity index (χ4n) is 1.62. The van der Waals surface area contributed by atoms with Crippen molar-refractivity contribution in [2.24, 2.45) is 0 Å². The predicted octanol–water partition coefficient (Wildman–Crippen LogP) is 4.24. The van der Waals surface area contributed by atoms with Gasteiger partial charge in [0.05, 0.1) is 15.5 Å². The van der Waals surface area contributed by atoms with Gasteiger partial charge in [-0.05, 0) is 35.9 Å². The van der Waals surface area contributed by atoms with Crippen molar-refractivity contribution in [3.8, 4) is 0 Å². The van der Waals surface area contributed by atoms with Crippen LogP contribution in [0.25, 0.3) is 0 Å². The van der Waals surface area contributed by atoms with Gasteiger partial charge in [-0.3, -0.25) is 10.1 Å². The van der Waals surface area contributed by atoms with Crippen LogP contribution in [0, 0.1) is 10.1 Å². The van der Waals surface area contributed by atoms with Gasteiger partial charge in [-0.25, -0.2) is 4.79 Å². The van der Waals surface area contributed by atoms with Gasteiger partial charge in [-0.15, -0.1) is 11.8 Å². The Labute approximate surface area is 129 Å². The Morgan fingerprint density at radius 1 is 1.24 bits per heavy atom. The molecular formula is C14H10ClNO4S. The summed E-state index contributed by atoms with van der Waals surface area (Å²) in [5.74, 6) is -0.423. The van der Waals surface area contributed by atoms with Crippen molar-refractivity contribution in [1.29, 1.82) is 0 Å². The Bertz CT molecular complexity index is 688. The van der Waals surface area contributed by atoms with Crippen LogP contribution in [0.15, 0.2) is 47.4 Å². The Hall–Kier alpha value is -2.05. The van der Waals surface area contributed by atoms with Crippen LogP contribution >= 0.6 is 23.4 Å². The number of nitro benzene ring substituents is 1. The number of nitro groups is 1. The van der Waals surface area contributed by atoms with Crippen LogP contribution in [0.4, 0.5) is 5.69 Å². The minimum Gasteiger partial charge on any atom is -0.478 e. The van der Waals surface area contributed by atoms with Crippen LogP contribution in [0.5, 0.6) is 0 Å². The summed E-state index contributed by atoms with van der Waals surface area (Å²) < 4.78 is 0. The first-order chi connectivity index (χ1) is 9.97. The average molecular weight is 324 g/mol. The van der Waals surface area contributed by atoms with Gasteiger partial charge >= 0.3 is 5.97 Å². The van der Waals surface area contributed by atoms with Gasteiger partial charge in [0.15, 0.2) is 0 Å². The van der Waals surface area contributed by atoms with Gasteiger partial charge in [-0.1, -0.05) is 11.6 Å². The lowest BCUT2D eigenvalue weighted by Crippen LogP contribution is -1.94. The minimum absolute atomic E-state index is 0.0421. The highest BCUT2D eigenvalue weighted by Gasteiger charge is 2.10. The van der Waals surface area contributed by atoms with Gasteiger partial charge in [0.1, 0.15) is 0 Å². The average Bonchev–Trinajstić information content (AvgIpc) is 2.46. The molecule has 0 radical (unpaired) electrons. The molecule has 7 heteroatoms. The molecule has 0 aliphatic carbocycles. The number of benzene rings is 2. The van der Waals surface area contributed by atoms with Crippen molar-refractivity contribution in [2.45, 2.75) is 10.6 Å². The largest absolute Gasteiger partial charge is 0.478 e. The summed E-state index contributed by atoms with van der Waals surface area (Å²) in [6.45, 7) is 0. The highest BCUT2D eigenvalue weighted by molar-refractivity contribution is 7.98. The fraction of sp³-hybridized carbons (Fsp3) is 0.0714. The van der Waals surface area contributed by atoms with Crippen LogP contribution in [0.2, 0.25) is 5.02 Å². The number of aromatic carboxylic acids is 1. The molecule has 21 heavy (non-hydrogen) atoms. The SMILES string of the molecule is O=C(O)c1ccc(SCc2ccc([N+](=O)[O-])cc2Cl)cc1. The Morgan fingerprint density at radius 3 is 2.43 bits per heavy atom. The zero-order valence-electron chi connectivity index (χ0n) is 10.7. The maximum atomic E-state index is 10.7. The number of hydrogen-bond donors (Lipinski definition) is 1. The van der Waals surface area contributed by atoms with Crippen molar-refractivity contribution in [3.63, 3.8) is 0 Å². The van der Waals surface area contributed by atoms with Crippen molar-refractivity contribution in [3.05, 3.63) is 68.7 Å². The van der Waals surface area contributed by atoms with Gasteiger partial charge in [0.25, 0.3) is 5.69 Å². The summed E-state index contributed by atoms with van der Waals surface area (Å²) in [4.78, 5) is 21.8. The molecule has 5 nitrogen and oxygen atoms in total. The van der Waals surface area contributed by atoms with E-state index in [1.165, 1.54) is 36.0 Å². The molecule has 0 spiro atoms. The van der Waals surface area contributed by atoms with Gasteiger partial charge < -0.3 is 5.11 Å². The van der Waals surface area contributed by atoms with E-state index < -0.39 is 10.9 Å². The molecule has 108 valence electrons. The Morgan fingerprint density at radius 2 is 1.90 bits per heavy atom. The first kappa shape index (κ1) is 15.3. The molecule has 0 saturated heterocycles. The minimum atomic E-state index is -0.968. The summed E-state index contributed by atoms with van der Waals surface area (Å²) in [5.41, 5.74) is 0.974. The molecular weight excluding hydrogens is 314 g/mol. The second-order valence-electron chi connectivity index (χ2n) is 4.15. The molecule has 0 heterocycles. The van der Waals surface area contributed by atoms with E-state index >= 15 is 0 Å². The summed E-state index contributed by atoms with van der Waals surface area (Å²) in [6.07, 6.45) is 0. The first-order valence-corrected chi connectivity index (χ1v) is 7.22. The van der Waals surface area contributed by atoms with Crippen LogP contribution in [-0.2, 0) is 5.75 Å². The van der Waals surface area contributed by atoms with E-state index in [9.17, 15) is 14.9 Å². The molecule has 0 fully saturated rings. The molecule has 0 aromatic heterocycles. The van der Waals surface area contributed by atoms with E-state index in [1.807, 2.05) is 0 Å².